The van der Waals surface area contributed by atoms with Gasteiger partial charge in [-0.05, 0) is 68.5 Å². The molecule has 0 bridgehead atoms. The first kappa shape index (κ1) is 18.8. The van der Waals surface area contributed by atoms with Gasteiger partial charge in [-0.15, -0.1) is 0 Å². The highest BCUT2D eigenvalue weighted by Gasteiger charge is 2.27. The average molecular weight is 399 g/mol. The Kier molecular flexibility index (Phi) is 4.79. The van der Waals surface area contributed by atoms with Crippen LogP contribution in [0.1, 0.15) is 49.9 Å². The van der Waals surface area contributed by atoms with Crippen molar-refractivity contribution in [3.63, 3.8) is 0 Å². The number of aryl methyl sites for hydroxylation is 1. The van der Waals surface area contributed by atoms with E-state index in [0.717, 1.165) is 41.7 Å². The van der Waals surface area contributed by atoms with Gasteiger partial charge < -0.3 is 15.0 Å². The summed E-state index contributed by atoms with van der Waals surface area (Å²) >= 11 is 5.91. The van der Waals surface area contributed by atoms with Gasteiger partial charge >= 0.3 is 0 Å². The maximum atomic E-state index is 12.1. The van der Waals surface area contributed by atoms with Gasteiger partial charge in [-0.3, -0.25) is 9.59 Å². The largest absolute Gasteiger partial charge is 0.488 e. The zero-order chi connectivity index (χ0) is 19.9. The number of ether oxygens (including phenoxy) is 1. The molecule has 0 saturated carbocycles. The average Bonchev–Trinajstić information content (AvgIpc) is 3.06. The van der Waals surface area contributed by atoms with E-state index >= 15 is 0 Å². The Morgan fingerprint density at radius 2 is 2.04 bits per heavy atom. The van der Waals surface area contributed by atoms with E-state index in [9.17, 15) is 9.59 Å². The molecule has 4 rings (SSSR count). The van der Waals surface area contributed by atoms with Crippen molar-refractivity contribution >= 4 is 23.1 Å². The summed E-state index contributed by atoms with van der Waals surface area (Å²) in [4.78, 5) is 26.5. The lowest BCUT2D eigenvalue weighted by molar-refractivity contribution is -0.119. The molecule has 1 fully saturated rings. The van der Waals surface area contributed by atoms with E-state index in [1.165, 1.54) is 0 Å². The Balaban J connectivity index is 1.77. The summed E-state index contributed by atoms with van der Waals surface area (Å²) in [6.07, 6.45) is 5.14. The van der Waals surface area contributed by atoms with Gasteiger partial charge in [0, 0.05) is 23.7 Å². The topological polar surface area (TPSA) is 71.2 Å². The van der Waals surface area contributed by atoms with Gasteiger partial charge in [0.2, 0.25) is 5.91 Å². The number of nitrogens with one attached hydrogen (secondary N) is 2. The Morgan fingerprint density at radius 1 is 1.21 bits per heavy atom. The van der Waals surface area contributed by atoms with Crippen molar-refractivity contribution in [1.82, 2.24) is 10.3 Å². The van der Waals surface area contributed by atoms with Crippen LogP contribution in [0.5, 0.6) is 5.75 Å². The van der Waals surface area contributed by atoms with E-state index in [-0.39, 0.29) is 28.1 Å². The van der Waals surface area contributed by atoms with Crippen LogP contribution in [0.4, 0.5) is 0 Å². The van der Waals surface area contributed by atoms with Crippen LogP contribution >= 0.6 is 11.6 Å². The van der Waals surface area contributed by atoms with E-state index in [2.05, 4.69) is 30.2 Å². The number of hydrogen-bond acceptors (Lipinski definition) is 3. The fourth-order valence-corrected chi connectivity index (χ4v) is 3.85. The van der Waals surface area contributed by atoms with Crippen LogP contribution in [-0.2, 0) is 11.2 Å². The van der Waals surface area contributed by atoms with Crippen LogP contribution in [0.25, 0.3) is 5.57 Å². The third kappa shape index (κ3) is 3.85. The number of hydrogen-bond donors (Lipinski definition) is 2. The fourth-order valence-electron chi connectivity index (χ4n) is 3.74. The molecule has 146 valence electrons. The lowest BCUT2D eigenvalue weighted by Gasteiger charge is -2.32. The zero-order valence-electron chi connectivity index (χ0n) is 16.0. The van der Waals surface area contributed by atoms with Crippen LogP contribution in [0.3, 0.4) is 0 Å². The summed E-state index contributed by atoms with van der Waals surface area (Å²) in [7, 11) is 0. The highest BCUT2D eigenvalue weighted by molar-refractivity contribution is 6.30. The van der Waals surface area contributed by atoms with E-state index in [4.69, 9.17) is 16.3 Å². The highest BCUT2D eigenvalue weighted by atomic mass is 35.5. The first-order chi connectivity index (χ1) is 13.3. The molecule has 0 radical (unpaired) electrons. The van der Waals surface area contributed by atoms with Crippen molar-refractivity contribution in [3.8, 4) is 5.75 Å². The second kappa shape index (κ2) is 7.13. The summed E-state index contributed by atoms with van der Waals surface area (Å²) in [5, 5.41) is 3.12. The Hall–Kier alpha value is -2.53. The molecular formula is C22H23ClN2O3. The van der Waals surface area contributed by atoms with E-state index in [1.54, 1.807) is 12.1 Å². The summed E-state index contributed by atoms with van der Waals surface area (Å²) < 4.78 is 6.09. The van der Waals surface area contributed by atoms with Crippen LogP contribution in [-0.4, -0.2) is 22.5 Å². The minimum absolute atomic E-state index is 0.0475. The number of carbonyl (C=O) groups excluding carboxylic acids is 1. The highest BCUT2D eigenvalue weighted by Crippen LogP contribution is 2.36. The van der Waals surface area contributed by atoms with Crippen LogP contribution in [0.2, 0.25) is 5.02 Å². The molecule has 0 aliphatic carbocycles. The van der Waals surface area contributed by atoms with Crippen molar-refractivity contribution in [2.45, 2.75) is 51.2 Å². The first-order valence-corrected chi connectivity index (χ1v) is 9.91. The molecule has 3 heterocycles. The van der Waals surface area contributed by atoms with E-state index < -0.39 is 0 Å². The standard InChI is InChI=1S/C22H23ClN2O3/c1-22(2)10-9-14-11-13(3-7-19(14)28-22)16(12-15-4-8-20(26)24-15)18-6-5-17(23)21(27)25-18/h3,5-7,11-12,15H,4,8-10H2,1-2H3,(H,24,26)(H,25,27)/b16-12+/t15-/m1/s1. The number of aromatic amines is 1. The molecule has 2 aromatic rings. The number of pyridine rings is 1. The van der Waals surface area contributed by atoms with Crippen molar-refractivity contribution in [2.75, 3.05) is 0 Å². The van der Waals surface area contributed by atoms with Crippen molar-refractivity contribution in [2.24, 2.45) is 0 Å². The maximum Gasteiger partial charge on any atom is 0.267 e. The fraction of sp³-hybridized carbons (Fsp3) is 0.364. The number of H-pyrrole nitrogens is 1. The first-order valence-electron chi connectivity index (χ1n) is 9.53. The molecule has 1 aromatic carbocycles. The van der Waals surface area contributed by atoms with Gasteiger partial charge in [0.1, 0.15) is 16.4 Å². The maximum absolute atomic E-state index is 12.1. The van der Waals surface area contributed by atoms with Gasteiger partial charge in [0.15, 0.2) is 0 Å². The SMILES string of the molecule is CC1(C)CCc2cc(/C(=C\[C@H]3CCC(=O)N3)c3ccc(Cl)c(=O)[nH]3)ccc2O1. The molecule has 0 spiro atoms. The molecule has 1 amide bonds. The molecule has 2 aliphatic rings. The second-order valence-electron chi connectivity index (χ2n) is 8.03. The molecule has 5 nitrogen and oxygen atoms in total. The number of aromatic nitrogens is 1. The van der Waals surface area contributed by atoms with Crippen LogP contribution in [0, 0.1) is 0 Å². The van der Waals surface area contributed by atoms with Gasteiger partial charge in [-0.25, -0.2) is 0 Å². The molecule has 1 aromatic heterocycles. The monoisotopic (exact) mass is 398 g/mol. The van der Waals surface area contributed by atoms with Crippen LogP contribution in [0.15, 0.2) is 41.2 Å². The Morgan fingerprint density at radius 3 is 2.75 bits per heavy atom. The Labute approximate surface area is 168 Å². The molecule has 2 N–H and O–H groups in total. The van der Waals surface area contributed by atoms with Crippen molar-refractivity contribution in [1.29, 1.82) is 0 Å². The molecule has 0 unspecified atom stereocenters. The Bertz CT molecular complexity index is 1020. The second-order valence-corrected chi connectivity index (χ2v) is 8.43. The van der Waals surface area contributed by atoms with E-state index in [0.29, 0.717) is 12.1 Å². The molecule has 1 saturated heterocycles. The molecule has 1 atom stereocenters. The number of fused-ring (bicyclic) bond motifs is 1. The van der Waals surface area contributed by atoms with Gasteiger partial charge in [0.25, 0.3) is 5.56 Å². The minimum atomic E-state index is -0.330. The number of amides is 1. The summed E-state index contributed by atoms with van der Waals surface area (Å²) in [6.45, 7) is 4.19. The minimum Gasteiger partial charge on any atom is -0.488 e. The molecule has 2 aliphatic heterocycles. The number of carbonyl (C=O) groups is 1. The van der Waals surface area contributed by atoms with Crippen LogP contribution < -0.4 is 15.6 Å². The van der Waals surface area contributed by atoms with Crippen molar-refractivity contribution < 1.29 is 9.53 Å². The third-order valence-corrected chi connectivity index (χ3v) is 5.60. The number of benzene rings is 1. The quantitative estimate of drug-likeness (QED) is 0.825. The molecule has 6 heteroatoms. The normalized spacial score (nSPS) is 21.0. The van der Waals surface area contributed by atoms with Gasteiger partial charge in [-0.2, -0.15) is 0 Å². The van der Waals surface area contributed by atoms with E-state index in [1.807, 2.05) is 18.2 Å². The molecular weight excluding hydrogens is 376 g/mol. The van der Waals surface area contributed by atoms with Gasteiger partial charge in [-0.1, -0.05) is 23.7 Å². The lowest BCUT2D eigenvalue weighted by atomic mass is 9.91. The predicted octanol–water partition coefficient (Wildman–Crippen LogP) is 3.84. The van der Waals surface area contributed by atoms with Crippen molar-refractivity contribution in [3.05, 3.63) is 68.6 Å². The predicted molar refractivity (Wildman–Crippen MR) is 110 cm³/mol. The summed E-state index contributed by atoms with van der Waals surface area (Å²) in [6, 6.07) is 9.43. The lowest BCUT2D eigenvalue weighted by Crippen LogP contribution is -2.32. The summed E-state index contributed by atoms with van der Waals surface area (Å²) in [5.41, 5.74) is 3.17. The molecule has 28 heavy (non-hydrogen) atoms. The zero-order valence-corrected chi connectivity index (χ0v) is 16.7. The number of halogens is 1. The van der Waals surface area contributed by atoms with Gasteiger partial charge in [0.05, 0.1) is 0 Å². The number of rotatable bonds is 3. The smallest absolute Gasteiger partial charge is 0.267 e. The summed E-state index contributed by atoms with van der Waals surface area (Å²) in [5.74, 6) is 0.949. The third-order valence-electron chi connectivity index (χ3n) is 5.30.